The molecule has 0 spiro atoms. The highest BCUT2D eigenvalue weighted by Crippen LogP contribution is 2.47. The standard InChI is InChI=1S/C27H28O6/c1-15-7-16(9-17(8-15)29-2)10-20-19-13-23(31-4)24(32-5)14-21(19)27(28)22-11-18(30-3)12-25(33-6)26(20)22/h7-9,11-14,20H,10H2,1-6H3. The van der Waals surface area contributed by atoms with Gasteiger partial charge in [-0.1, -0.05) is 6.07 Å². The van der Waals surface area contributed by atoms with Crippen LogP contribution in [0.25, 0.3) is 0 Å². The van der Waals surface area contributed by atoms with E-state index in [1.807, 2.05) is 31.2 Å². The maximum Gasteiger partial charge on any atom is 0.194 e. The van der Waals surface area contributed by atoms with Gasteiger partial charge >= 0.3 is 0 Å². The molecule has 1 aliphatic rings. The van der Waals surface area contributed by atoms with Gasteiger partial charge in [0.05, 0.1) is 35.5 Å². The van der Waals surface area contributed by atoms with Crippen LogP contribution in [0.1, 0.15) is 44.1 Å². The van der Waals surface area contributed by atoms with Crippen molar-refractivity contribution in [1.29, 1.82) is 0 Å². The zero-order valence-electron chi connectivity index (χ0n) is 19.8. The number of rotatable bonds is 7. The van der Waals surface area contributed by atoms with E-state index in [4.69, 9.17) is 23.7 Å². The molecule has 0 radical (unpaired) electrons. The van der Waals surface area contributed by atoms with Crippen molar-refractivity contribution < 1.29 is 28.5 Å². The largest absolute Gasteiger partial charge is 0.497 e. The number of methoxy groups -OCH3 is 5. The fourth-order valence-corrected chi connectivity index (χ4v) is 4.62. The summed E-state index contributed by atoms with van der Waals surface area (Å²) in [6, 6.07) is 13.4. The lowest BCUT2D eigenvalue weighted by atomic mass is 9.74. The van der Waals surface area contributed by atoms with Gasteiger partial charge in [0, 0.05) is 28.7 Å². The van der Waals surface area contributed by atoms with Crippen LogP contribution in [0, 0.1) is 6.92 Å². The number of aryl methyl sites for hydroxylation is 1. The van der Waals surface area contributed by atoms with Crippen LogP contribution < -0.4 is 23.7 Å². The third kappa shape index (κ3) is 3.97. The van der Waals surface area contributed by atoms with Crippen LogP contribution in [0.3, 0.4) is 0 Å². The number of ether oxygens (including phenoxy) is 5. The Hall–Kier alpha value is -3.67. The second-order valence-electron chi connectivity index (χ2n) is 8.03. The Balaban J connectivity index is 1.98. The SMILES string of the molecule is COc1cc(C)cc(CC2c3cc(OC)c(OC)cc3C(=O)c3cc(OC)cc(OC)c32)c1. The fraction of sp³-hybridized carbons (Fsp3) is 0.296. The summed E-state index contributed by atoms with van der Waals surface area (Å²) in [5, 5.41) is 0. The fourth-order valence-electron chi connectivity index (χ4n) is 4.62. The van der Waals surface area contributed by atoms with Crippen LogP contribution in [0.15, 0.2) is 42.5 Å². The predicted octanol–water partition coefficient (Wildman–Crippen LogP) is 4.96. The van der Waals surface area contributed by atoms with Crippen molar-refractivity contribution in [3.05, 3.63) is 75.8 Å². The second-order valence-corrected chi connectivity index (χ2v) is 8.03. The lowest BCUT2D eigenvalue weighted by molar-refractivity contribution is 0.103. The van der Waals surface area contributed by atoms with E-state index in [9.17, 15) is 4.79 Å². The molecular weight excluding hydrogens is 420 g/mol. The molecule has 4 rings (SSSR count). The zero-order valence-corrected chi connectivity index (χ0v) is 19.8. The van der Waals surface area contributed by atoms with E-state index in [1.54, 1.807) is 47.7 Å². The van der Waals surface area contributed by atoms with E-state index in [1.165, 1.54) is 0 Å². The molecule has 0 saturated heterocycles. The smallest absolute Gasteiger partial charge is 0.194 e. The molecule has 6 nitrogen and oxygen atoms in total. The van der Waals surface area contributed by atoms with E-state index in [2.05, 4.69) is 6.07 Å². The molecule has 3 aromatic rings. The molecule has 0 saturated carbocycles. The second kappa shape index (κ2) is 9.06. The van der Waals surface area contributed by atoms with Crippen LogP contribution in [0.2, 0.25) is 0 Å². The molecule has 3 aromatic carbocycles. The molecule has 0 fully saturated rings. The number of carbonyl (C=O) groups is 1. The van der Waals surface area contributed by atoms with Gasteiger partial charge in [0.15, 0.2) is 17.3 Å². The summed E-state index contributed by atoms with van der Waals surface area (Å²) in [4.78, 5) is 13.6. The third-order valence-corrected chi connectivity index (χ3v) is 6.13. The van der Waals surface area contributed by atoms with Crippen molar-refractivity contribution in [3.63, 3.8) is 0 Å². The summed E-state index contributed by atoms with van der Waals surface area (Å²) in [5.74, 6) is 2.81. The van der Waals surface area contributed by atoms with Gasteiger partial charge in [0.25, 0.3) is 0 Å². The number of hydrogen-bond donors (Lipinski definition) is 0. The van der Waals surface area contributed by atoms with Gasteiger partial charge in [-0.2, -0.15) is 0 Å². The number of ketones is 1. The molecule has 6 heteroatoms. The molecule has 1 aliphatic carbocycles. The summed E-state index contributed by atoms with van der Waals surface area (Å²) in [5.41, 5.74) is 5.05. The highest BCUT2D eigenvalue weighted by molar-refractivity contribution is 6.14. The maximum absolute atomic E-state index is 13.6. The summed E-state index contributed by atoms with van der Waals surface area (Å²) in [6.45, 7) is 2.04. The van der Waals surface area contributed by atoms with E-state index in [0.29, 0.717) is 40.5 Å². The van der Waals surface area contributed by atoms with Gasteiger partial charge in [-0.25, -0.2) is 0 Å². The quantitative estimate of drug-likeness (QED) is 0.509. The Bertz CT molecular complexity index is 1210. The Morgan fingerprint density at radius 3 is 1.94 bits per heavy atom. The Morgan fingerprint density at radius 1 is 0.667 bits per heavy atom. The van der Waals surface area contributed by atoms with Crippen LogP contribution in [0.4, 0.5) is 0 Å². The van der Waals surface area contributed by atoms with E-state index in [-0.39, 0.29) is 11.7 Å². The van der Waals surface area contributed by atoms with Crippen molar-refractivity contribution in [1.82, 2.24) is 0 Å². The van der Waals surface area contributed by atoms with Gasteiger partial charge < -0.3 is 23.7 Å². The normalized spacial score (nSPS) is 14.2. The van der Waals surface area contributed by atoms with Crippen molar-refractivity contribution in [2.75, 3.05) is 35.5 Å². The van der Waals surface area contributed by atoms with E-state index < -0.39 is 0 Å². The minimum atomic E-state index is -0.153. The van der Waals surface area contributed by atoms with Gasteiger partial charge in [0.2, 0.25) is 0 Å². The Labute approximate surface area is 194 Å². The molecule has 0 N–H and O–H groups in total. The molecule has 1 atom stereocenters. The van der Waals surface area contributed by atoms with Crippen molar-refractivity contribution >= 4 is 5.78 Å². The minimum Gasteiger partial charge on any atom is -0.497 e. The van der Waals surface area contributed by atoms with E-state index >= 15 is 0 Å². The van der Waals surface area contributed by atoms with Crippen LogP contribution >= 0.6 is 0 Å². The molecule has 0 amide bonds. The molecule has 0 aliphatic heterocycles. The third-order valence-electron chi connectivity index (χ3n) is 6.13. The molecular formula is C27H28O6. The highest BCUT2D eigenvalue weighted by Gasteiger charge is 2.36. The molecule has 0 aromatic heterocycles. The first-order valence-corrected chi connectivity index (χ1v) is 10.6. The Morgan fingerprint density at radius 2 is 1.30 bits per heavy atom. The summed E-state index contributed by atoms with van der Waals surface area (Å²) < 4.78 is 27.7. The number of hydrogen-bond acceptors (Lipinski definition) is 6. The summed E-state index contributed by atoms with van der Waals surface area (Å²) in [6.07, 6.45) is 0.642. The first-order valence-electron chi connectivity index (χ1n) is 10.6. The number of fused-ring (bicyclic) bond motifs is 2. The van der Waals surface area contributed by atoms with Gasteiger partial charge in [-0.15, -0.1) is 0 Å². The number of benzene rings is 3. The topological polar surface area (TPSA) is 63.2 Å². The molecule has 1 unspecified atom stereocenters. The first-order chi connectivity index (χ1) is 15.9. The molecule has 0 heterocycles. The van der Waals surface area contributed by atoms with Gasteiger partial charge in [-0.3, -0.25) is 4.79 Å². The molecule has 0 bridgehead atoms. The highest BCUT2D eigenvalue weighted by atomic mass is 16.5. The van der Waals surface area contributed by atoms with Crippen LogP contribution in [-0.4, -0.2) is 41.3 Å². The van der Waals surface area contributed by atoms with Gasteiger partial charge in [0.1, 0.15) is 17.2 Å². The average Bonchev–Trinajstić information content (AvgIpc) is 2.84. The molecule has 33 heavy (non-hydrogen) atoms. The van der Waals surface area contributed by atoms with Crippen molar-refractivity contribution in [2.24, 2.45) is 0 Å². The lowest BCUT2D eigenvalue weighted by Gasteiger charge is -2.30. The first kappa shape index (κ1) is 22.5. The van der Waals surface area contributed by atoms with Gasteiger partial charge in [-0.05, 0) is 60.4 Å². The maximum atomic E-state index is 13.6. The predicted molar refractivity (Wildman–Crippen MR) is 126 cm³/mol. The van der Waals surface area contributed by atoms with Crippen LogP contribution in [-0.2, 0) is 6.42 Å². The minimum absolute atomic E-state index is 0.101. The van der Waals surface area contributed by atoms with E-state index in [0.717, 1.165) is 28.0 Å². The monoisotopic (exact) mass is 448 g/mol. The van der Waals surface area contributed by atoms with Crippen molar-refractivity contribution in [2.45, 2.75) is 19.3 Å². The number of carbonyl (C=O) groups excluding carboxylic acids is 1. The molecule has 172 valence electrons. The average molecular weight is 449 g/mol. The van der Waals surface area contributed by atoms with Crippen molar-refractivity contribution in [3.8, 4) is 28.7 Å². The van der Waals surface area contributed by atoms with Crippen LogP contribution in [0.5, 0.6) is 28.7 Å². The Kier molecular flexibility index (Phi) is 6.18. The summed E-state index contributed by atoms with van der Waals surface area (Å²) in [7, 11) is 8.00. The zero-order chi connectivity index (χ0) is 23.7. The summed E-state index contributed by atoms with van der Waals surface area (Å²) >= 11 is 0. The lowest BCUT2D eigenvalue weighted by Crippen LogP contribution is -2.22.